The fourth-order valence-corrected chi connectivity index (χ4v) is 5.00. The Morgan fingerprint density at radius 3 is 2.46 bits per heavy atom. The molecule has 0 radical (unpaired) electrons. The second-order valence-electron chi connectivity index (χ2n) is 8.21. The number of carbonyl (C=O) groups excluding carboxylic acids is 2. The molecular weight excluding hydrogens is 573 g/mol. The van der Waals surface area contributed by atoms with Crippen molar-refractivity contribution in [1.82, 2.24) is 20.1 Å². The van der Waals surface area contributed by atoms with Gasteiger partial charge >= 0.3 is 0 Å². The summed E-state index contributed by atoms with van der Waals surface area (Å²) < 4.78 is 2.86. The lowest BCUT2D eigenvalue weighted by molar-refractivity contribution is -0.113. The van der Waals surface area contributed by atoms with Crippen LogP contribution in [0.1, 0.15) is 49.4 Å². The lowest BCUT2D eigenvalue weighted by atomic mass is 10.0. The molecule has 3 aromatic rings. The minimum absolute atomic E-state index is 0.145. The first-order valence-electron chi connectivity index (χ1n) is 11.0. The molecule has 186 valence electrons. The van der Waals surface area contributed by atoms with Crippen LogP contribution in [0, 0.1) is 5.92 Å². The zero-order chi connectivity index (χ0) is 25.5. The van der Waals surface area contributed by atoms with Crippen LogP contribution >= 0.6 is 50.9 Å². The number of benzene rings is 2. The zero-order valence-electron chi connectivity index (χ0n) is 19.5. The number of halogens is 3. The Bertz CT molecular complexity index is 1190. The summed E-state index contributed by atoms with van der Waals surface area (Å²) in [6.45, 7) is 6.71. The van der Waals surface area contributed by atoms with Crippen LogP contribution in [0.25, 0.3) is 0 Å². The summed E-state index contributed by atoms with van der Waals surface area (Å²) in [4.78, 5) is 25.4. The number of nitrogens with zero attached hydrogens (tertiary/aromatic N) is 3. The maximum atomic E-state index is 13.0. The molecule has 0 bridgehead atoms. The van der Waals surface area contributed by atoms with E-state index in [1.165, 1.54) is 17.8 Å². The maximum absolute atomic E-state index is 13.0. The Morgan fingerprint density at radius 1 is 1.11 bits per heavy atom. The van der Waals surface area contributed by atoms with Gasteiger partial charge in [0, 0.05) is 21.7 Å². The van der Waals surface area contributed by atoms with Crippen LogP contribution in [0.4, 0.5) is 5.69 Å². The summed E-state index contributed by atoms with van der Waals surface area (Å²) in [5, 5.41) is 16.0. The minimum Gasteiger partial charge on any atom is -0.342 e. The highest BCUT2D eigenvalue weighted by molar-refractivity contribution is 9.10. The van der Waals surface area contributed by atoms with Crippen LogP contribution in [0.2, 0.25) is 10.0 Å². The van der Waals surface area contributed by atoms with Gasteiger partial charge in [0.1, 0.15) is 0 Å². The number of anilines is 1. The standard InChI is InChI=1S/C24H26BrCl2N5O2S/c1-4-32-22(20(11-14(2)3)29-23(34)18-10-7-16(26)12-19(18)27)30-31-24(32)35-13-21(33)28-17-8-5-15(25)6-9-17/h5-10,12,14,20H,4,11,13H2,1-3H3,(H,28,33)(H,29,34)/t20-/m0/s1. The second kappa shape index (κ2) is 12.8. The molecule has 0 saturated carbocycles. The quantitative estimate of drug-likeness (QED) is 0.256. The van der Waals surface area contributed by atoms with Crippen molar-refractivity contribution in [1.29, 1.82) is 0 Å². The molecule has 11 heteroatoms. The van der Waals surface area contributed by atoms with Crippen molar-refractivity contribution < 1.29 is 9.59 Å². The van der Waals surface area contributed by atoms with Crippen LogP contribution in [-0.2, 0) is 11.3 Å². The fraction of sp³-hybridized carbons (Fsp3) is 0.333. The highest BCUT2D eigenvalue weighted by Gasteiger charge is 2.25. The highest BCUT2D eigenvalue weighted by atomic mass is 79.9. The van der Waals surface area contributed by atoms with Crippen molar-refractivity contribution in [3.8, 4) is 0 Å². The van der Waals surface area contributed by atoms with E-state index in [2.05, 4.69) is 50.6 Å². The SMILES string of the molecule is CCn1c(SCC(=O)Nc2ccc(Br)cc2)nnc1[C@H](CC(C)C)NC(=O)c1ccc(Cl)cc1Cl. The van der Waals surface area contributed by atoms with E-state index < -0.39 is 0 Å². The van der Waals surface area contributed by atoms with Gasteiger partial charge in [-0.25, -0.2) is 0 Å². The first kappa shape index (κ1) is 27.5. The number of amides is 2. The van der Waals surface area contributed by atoms with Crippen molar-refractivity contribution in [2.45, 2.75) is 44.9 Å². The Labute approximate surface area is 227 Å². The number of thioether (sulfide) groups is 1. The Balaban J connectivity index is 1.74. The number of nitrogens with one attached hydrogen (secondary N) is 2. The van der Waals surface area contributed by atoms with Crippen molar-refractivity contribution in [2.24, 2.45) is 5.92 Å². The van der Waals surface area contributed by atoms with Gasteiger partial charge in [0.15, 0.2) is 11.0 Å². The van der Waals surface area contributed by atoms with Gasteiger partial charge in [-0.05, 0) is 61.7 Å². The number of aromatic nitrogens is 3. The molecule has 1 atom stereocenters. The van der Waals surface area contributed by atoms with Gasteiger partial charge in [-0.2, -0.15) is 0 Å². The molecule has 0 fully saturated rings. The first-order valence-corrected chi connectivity index (χ1v) is 13.6. The smallest absolute Gasteiger partial charge is 0.253 e. The predicted molar refractivity (Wildman–Crippen MR) is 145 cm³/mol. The molecule has 2 aromatic carbocycles. The highest BCUT2D eigenvalue weighted by Crippen LogP contribution is 2.27. The molecule has 0 aliphatic carbocycles. The van der Waals surface area contributed by atoms with Crippen molar-refractivity contribution in [3.63, 3.8) is 0 Å². The second-order valence-corrected chi connectivity index (χ2v) is 10.9. The Kier molecular flexibility index (Phi) is 10.0. The van der Waals surface area contributed by atoms with Crippen LogP contribution < -0.4 is 10.6 Å². The number of carbonyl (C=O) groups is 2. The van der Waals surface area contributed by atoms with Gasteiger partial charge in [-0.1, -0.05) is 64.7 Å². The molecular formula is C24H26BrCl2N5O2S. The average Bonchev–Trinajstić information content (AvgIpc) is 3.21. The van der Waals surface area contributed by atoms with Crippen molar-refractivity contribution in [3.05, 3.63) is 68.4 Å². The average molecular weight is 599 g/mol. The monoisotopic (exact) mass is 597 g/mol. The maximum Gasteiger partial charge on any atom is 0.253 e. The molecule has 2 N–H and O–H groups in total. The van der Waals surface area contributed by atoms with Gasteiger partial charge in [-0.15, -0.1) is 10.2 Å². The van der Waals surface area contributed by atoms with Crippen LogP contribution in [0.15, 0.2) is 52.1 Å². The largest absolute Gasteiger partial charge is 0.342 e. The minimum atomic E-state index is -0.382. The Morgan fingerprint density at radius 2 is 1.83 bits per heavy atom. The third-order valence-electron chi connectivity index (χ3n) is 5.02. The van der Waals surface area contributed by atoms with Crippen LogP contribution in [0.3, 0.4) is 0 Å². The molecule has 0 aliphatic rings. The van der Waals surface area contributed by atoms with Gasteiger partial charge < -0.3 is 15.2 Å². The van der Waals surface area contributed by atoms with E-state index in [1.54, 1.807) is 12.1 Å². The molecule has 1 heterocycles. The van der Waals surface area contributed by atoms with E-state index in [9.17, 15) is 9.59 Å². The molecule has 0 unspecified atom stereocenters. The third kappa shape index (κ3) is 7.70. The molecule has 7 nitrogen and oxygen atoms in total. The lowest BCUT2D eigenvalue weighted by Crippen LogP contribution is -2.31. The predicted octanol–water partition coefficient (Wildman–Crippen LogP) is 6.62. The number of rotatable bonds is 10. The summed E-state index contributed by atoms with van der Waals surface area (Å²) in [6, 6.07) is 11.8. The van der Waals surface area contributed by atoms with Gasteiger partial charge in [0.25, 0.3) is 5.91 Å². The topological polar surface area (TPSA) is 88.9 Å². The van der Waals surface area contributed by atoms with Gasteiger partial charge in [-0.3, -0.25) is 9.59 Å². The van der Waals surface area contributed by atoms with E-state index in [0.717, 1.165) is 10.2 Å². The summed E-state index contributed by atoms with van der Waals surface area (Å²) in [5.41, 5.74) is 1.06. The molecule has 1 aromatic heterocycles. The van der Waals surface area contributed by atoms with E-state index in [1.807, 2.05) is 35.8 Å². The molecule has 0 aliphatic heterocycles. The summed E-state index contributed by atoms with van der Waals surface area (Å²) in [5.74, 6) is 0.640. The zero-order valence-corrected chi connectivity index (χ0v) is 23.4. The summed E-state index contributed by atoms with van der Waals surface area (Å²) in [6.07, 6.45) is 0.657. The van der Waals surface area contributed by atoms with Gasteiger partial charge in [0.2, 0.25) is 5.91 Å². The molecule has 0 saturated heterocycles. The van der Waals surface area contributed by atoms with E-state index in [0.29, 0.717) is 34.5 Å². The van der Waals surface area contributed by atoms with Crippen LogP contribution in [-0.4, -0.2) is 32.3 Å². The fourth-order valence-electron chi connectivity index (χ4n) is 3.43. The van der Waals surface area contributed by atoms with Gasteiger partial charge in [0.05, 0.1) is 22.4 Å². The normalized spacial score (nSPS) is 12.0. The van der Waals surface area contributed by atoms with Crippen LogP contribution in [0.5, 0.6) is 0 Å². The summed E-state index contributed by atoms with van der Waals surface area (Å²) in [7, 11) is 0. The summed E-state index contributed by atoms with van der Waals surface area (Å²) >= 11 is 16.9. The molecule has 2 amide bonds. The first-order chi connectivity index (χ1) is 16.7. The Hall–Kier alpha value is -2.07. The molecule has 3 rings (SSSR count). The third-order valence-corrected chi connectivity index (χ3v) is 7.07. The van der Waals surface area contributed by atoms with Crippen molar-refractivity contribution >= 4 is 68.4 Å². The number of hydrogen-bond acceptors (Lipinski definition) is 5. The van der Waals surface area contributed by atoms with E-state index in [-0.39, 0.29) is 34.5 Å². The number of hydrogen-bond donors (Lipinski definition) is 2. The lowest BCUT2D eigenvalue weighted by Gasteiger charge is -2.21. The molecule has 35 heavy (non-hydrogen) atoms. The van der Waals surface area contributed by atoms with Crippen molar-refractivity contribution in [2.75, 3.05) is 11.1 Å². The van der Waals surface area contributed by atoms with E-state index in [4.69, 9.17) is 23.2 Å². The molecule has 0 spiro atoms. The van der Waals surface area contributed by atoms with E-state index >= 15 is 0 Å².